The Labute approximate surface area is 276 Å². The van der Waals surface area contributed by atoms with E-state index in [1.807, 2.05) is 47.4 Å². The van der Waals surface area contributed by atoms with Crippen LogP contribution in [0.4, 0.5) is 17.3 Å². The van der Waals surface area contributed by atoms with E-state index in [0.717, 1.165) is 50.6 Å². The van der Waals surface area contributed by atoms with Gasteiger partial charge in [0.05, 0.1) is 45.8 Å². The Morgan fingerprint density at radius 3 is 1.56 bits per heavy atom. The highest BCUT2D eigenvalue weighted by molar-refractivity contribution is 6.09. The number of rotatable bonds is 6. The van der Waals surface area contributed by atoms with Crippen molar-refractivity contribution >= 4 is 50.2 Å². The number of benzene rings is 6. The van der Waals surface area contributed by atoms with E-state index in [1.54, 1.807) is 12.4 Å². The summed E-state index contributed by atoms with van der Waals surface area (Å²) >= 11 is 0. The van der Waals surface area contributed by atoms with Crippen molar-refractivity contribution in [3.05, 3.63) is 164 Å². The molecular formula is C41H27N7. The van der Waals surface area contributed by atoms with Gasteiger partial charge in [-0.05, 0) is 60.7 Å². The van der Waals surface area contributed by atoms with Crippen LogP contribution in [0.3, 0.4) is 0 Å². The summed E-state index contributed by atoms with van der Waals surface area (Å²) in [4.78, 5) is 16.7. The van der Waals surface area contributed by atoms with Crippen molar-refractivity contribution in [2.24, 2.45) is 0 Å². The van der Waals surface area contributed by atoms with Gasteiger partial charge < -0.3 is 4.57 Å². The standard InChI is InChI=1S/C41H27N7/c1-2-10-28(11-3-1)39-40(45-36-15-7-6-14-35(36)44-39)29-18-20-30(21-19-29)47(41-42-26-27-43-46-41)31-22-24-32(25-23-31)48-37-16-8-4-12-33(37)34-13-5-9-17-38(34)48/h1-27H. The topological polar surface area (TPSA) is 72.6 Å². The maximum atomic E-state index is 5.08. The van der Waals surface area contributed by atoms with Crippen LogP contribution in [0.25, 0.3) is 61.0 Å². The Balaban J connectivity index is 1.13. The molecule has 0 radical (unpaired) electrons. The second kappa shape index (κ2) is 11.6. The Morgan fingerprint density at radius 1 is 0.458 bits per heavy atom. The first-order chi connectivity index (χ1) is 23.8. The first-order valence-corrected chi connectivity index (χ1v) is 15.8. The summed E-state index contributed by atoms with van der Waals surface area (Å²) in [6.45, 7) is 0. The molecule has 0 fully saturated rings. The second-order valence-electron chi connectivity index (χ2n) is 11.5. The average Bonchev–Trinajstić information content (AvgIpc) is 3.50. The second-order valence-corrected chi connectivity index (χ2v) is 11.5. The van der Waals surface area contributed by atoms with Gasteiger partial charge in [-0.2, -0.15) is 5.10 Å². The fourth-order valence-electron chi connectivity index (χ4n) is 6.44. The Morgan fingerprint density at radius 2 is 0.979 bits per heavy atom. The van der Waals surface area contributed by atoms with Gasteiger partial charge in [0.15, 0.2) is 0 Å². The van der Waals surface area contributed by atoms with Crippen LogP contribution in [0.5, 0.6) is 0 Å². The fourth-order valence-corrected chi connectivity index (χ4v) is 6.44. The minimum atomic E-state index is 0.477. The molecule has 0 bridgehead atoms. The smallest absolute Gasteiger partial charge is 0.254 e. The molecule has 0 aliphatic carbocycles. The summed E-state index contributed by atoms with van der Waals surface area (Å²) < 4.78 is 2.31. The zero-order valence-electron chi connectivity index (χ0n) is 25.7. The molecule has 0 saturated carbocycles. The number of aromatic nitrogens is 6. The summed E-state index contributed by atoms with van der Waals surface area (Å²) in [7, 11) is 0. The molecule has 3 heterocycles. The molecule has 0 spiro atoms. The monoisotopic (exact) mass is 617 g/mol. The van der Waals surface area contributed by atoms with E-state index in [-0.39, 0.29) is 0 Å². The third-order valence-corrected chi connectivity index (χ3v) is 8.63. The lowest BCUT2D eigenvalue weighted by molar-refractivity contribution is 0.944. The number of fused-ring (bicyclic) bond motifs is 4. The Hall–Kier alpha value is -6.73. The van der Waals surface area contributed by atoms with Crippen LogP contribution in [-0.2, 0) is 0 Å². The molecule has 0 atom stereocenters. The molecule has 0 aliphatic rings. The minimum Gasteiger partial charge on any atom is -0.309 e. The van der Waals surface area contributed by atoms with E-state index in [1.165, 1.54) is 21.8 Å². The van der Waals surface area contributed by atoms with Gasteiger partial charge in [-0.25, -0.2) is 15.0 Å². The molecular weight excluding hydrogens is 591 g/mol. The van der Waals surface area contributed by atoms with Gasteiger partial charge in [0.2, 0.25) is 0 Å². The number of hydrogen-bond donors (Lipinski definition) is 0. The number of hydrogen-bond acceptors (Lipinski definition) is 6. The van der Waals surface area contributed by atoms with Crippen LogP contribution >= 0.6 is 0 Å². The Kier molecular flexibility index (Phi) is 6.64. The van der Waals surface area contributed by atoms with Crippen molar-refractivity contribution in [1.29, 1.82) is 0 Å². The first kappa shape index (κ1) is 27.6. The fraction of sp³-hybridized carbons (Fsp3) is 0. The largest absolute Gasteiger partial charge is 0.309 e. The molecule has 9 aromatic rings. The van der Waals surface area contributed by atoms with Crippen molar-refractivity contribution in [1.82, 2.24) is 29.7 Å². The van der Waals surface area contributed by atoms with Crippen LogP contribution in [0.2, 0.25) is 0 Å². The quantitative estimate of drug-likeness (QED) is 0.185. The van der Waals surface area contributed by atoms with E-state index in [2.05, 4.69) is 129 Å². The van der Waals surface area contributed by atoms with Gasteiger partial charge in [-0.15, -0.1) is 5.10 Å². The predicted octanol–water partition coefficient (Wildman–Crippen LogP) is 9.72. The van der Waals surface area contributed by atoms with Gasteiger partial charge >= 0.3 is 0 Å². The predicted molar refractivity (Wildman–Crippen MR) is 193 cm³/mol. The zero-order valence-corrected chi connectivity index (χ0v) is 25.7. The van der Waals surface area contributed by atoms with E-state index in [0.29, 0.717) is 5.95 Å². The molecule has 6 aromatic carbocycles. The highest BCUT2D eigenvalue weighted by Crippen LogP contribution is 2.37. The molecule has 226 valence electrons. The Bertz CT molecular complexity index is 2490. The molecule has 0 aliphatic heterocycles. The number of para-hydroxylation sites is 4. The highest BCUT2D eigenvalue weighted by Gasteiger charge is 2.19. The lowest BCUT2D eigenvalue weighted by Crippen LogP contribution is -2.13. The SMILES string of the molecule is c1ccc(-c2nc3ccccc3nc2-c2ccc(N(c3ccc(-n4c5ccccc5c5ccccc54)cc3)c3nccnn3)cc2)cc1. The minimum absolute atomic E-state index is 0.477. The van der Waals surface area contributed by atoms with Gasteiger partial charge in [0.1, 0.15) is 0 Å². The number of nitrogens with zero attached hydrogens (tertiary/aromatic N) is 7. The molecule has 48 heavy (non-hydrogen) atoms. The normalized spacial score (nSPS) is 11.3. The summed E-state index contributed by atoms with van der Waals surface area (Å²) in [5.41, 5.74) is 10.6. The van der Waals surface area contributed by atoms with Crippen LogP contribution < -0.4 is 4.90 Å². The lowest BCUT2D eigenvalue weighted by Gasteiger charge is -2.23. The highest BCUT2D eigenvalue weighted by atomic mass is 15.3. The van der Waals surface area contributed by atoms with Crippen molar-refractivity contribution in [2.75, 3.05) is 4.90 Å². The van der Waals surface area contributed by atoms with Crippen molar-refractivity contribution in [3.63, 3.8) is 0 Å². The van der Waals surface area contributed by atoms with Crippen molar-refractivity contribution in [3.8, 4) is 28.2 Å². The van der Waals surface area contributed by atoms with E-state index in [4.69, 9.17) is 9.97 Å². The summed E-state index contributed by atoms with van der Waals surface area (Å²) in [6.07, 6.45) is 3.24. The van der Waals surface area contributed by atoms with E-state index in [9.17, 15) is 0 Å². The molecule has 0 N–H and O–H groups in total. The third-order valence-electron chi connectivity index (χ3n) is 8.63. The molecule has 9 rings (SSSR count). The molecule has 3 aromatic heterocycles. The maximum absolute atomic E-state index is 5.08. The molecule has 0 saturated heterocycles. The van der Waals surface area contributed by atoms with Gasteiger partial charge in [0, 0.05) is 39.0 Å². The third kappa shape index (κ3) is 4.73. The van der Waals surface area contributed by atoms with Crippen LogP contribution in [-0.4, -0.2) is 29.7 Å². The molecule has 0 amide bonds. The van der Waals surface area contributed by atoms with Crippen molar-refractivity contribution < 1.29 is 0 Å². The maximum Gasteiger partial charge on any atom is 0.254 e. The van der Waals surface area contributed by atoms with Crippen molar-refractivity contribution in [2.45, 2.75) is 0 Å². The zero-order chi connectivity index (χ0) is 31.9. The lowest BCUT2D eigenvalue weighted by atomic mass is 10.0. The summed E-state index contributed by atoms with van der Waals surface area (Å²) in [5.74, 6) is 0.477. The summed E-state index contributed by atoms with van der Waals surface area (Å²) in [6, 6.07) is 52.0. The van der Waals surface area contributed by atoms with Gasteiger partial charge in [0.25, 0.3) is 5.95 Å². The van der Waals surface area contributed by atoms with Crippen LogP contribution in [0.15, 0.2) is 164 Å². The summed E-state index contributed by atoms with van der Waals surface area (Å²) in [5, 5.41) is 11.0. The van der Waals surface area contributed by atoms with Crippen LogP contribution in [0.1, 0.15) is 0 Å². The molecule has 0 unspecified atom stereocenters. The molecule has 7 heteroatoms. The van der Waals surface area contributed by atoms with Crippen LogP contribution in [0, 0.1) is 0 Å². The van der Waals surface area contributed by atoms with Gasteiger partial charge in [-0.3, -0.25) is 4.90 Å². The average molecular weight is 618 g/mol. The number of anilines is 3. The van der Waals surface area contributed by atoms with E-state index < -0.39 is 0 Å². The van der Waals surface area contributed by atoms with E-state index >= 15 is 0 Å². The first-order valence-electron chi connectivity index (χ1n) is 15.8. The van der Waals surface area contributed by atoms with Gasteiger partial charge in [-0.1, -0.05) is 91.0 Å². The molecule has 7 nitrogen and oxygen atoms in total.